The molecule has 0 aliphatic carbocycles. The number of nitrogens with two attached hydrogens (primary N) is 2. The maximum atomic E-state index is 11.0. The third-order valence-electron chi connectivity index (χ3n) is 1.66. The van der Waals surface area contributed by atoms with Crippen LogP contribution in [0.25, 0.3) is 0 Å². The van der Waals surface area contributed by atoms with Gasteiger partial charge in [0, 0.05) is 11.8 Å². The summed E-state index contributed by atoms with van der Waals surface area (Å²) in [5.41, 5.74) is 11.6. The van der Waals surface area contributed by atoms with Gasteiger partial charge in [-0.15, -0.1) is 0 Å². The van der Waals surface area contributed by atoms with Crippen molar-refractivity contribution in [1.29, 1.82) is 0 Å². The molecule has 0 aliphatic heterocycles. The van der Waals surface area contributed by atoms with Gasteiger partial charge in [0.15, 0.2) is 0 Å². The van der Waals surface area contributed by atoms with Crippen molar-refractivity contribution in [2.24, 2.45) is 5.73 Å². The molecule has 0 unspecified atom stereocenters. The van der Waals surface area contributed by atoms with Gasteiger partial charge in [-0.1, -0.05) is 6.07 Å². The summed E-state index contributed by atoms with van der Waals surface area (Å²) in [5.74, 6) is -0.278. The number of ether oxygens (including phenoxy) is 1. The van der Waals surface area contributed by atoms with E-state index in [1.54, 1.807) is 12.1 Å². The molecule has 0 fully saturated rings. The second-order valence-corrected chi connectivity index (χ2v) is 2.48. The lowest BCUT2D eigenvalue weighted by molar-refractivity contribution is -0.142. The van der Waals surface area contributed by atoms with Crippen LogP contribution in [0, 0.1) is 0 Å². The van der Waals surface area contributed by atoms with Crippen LogP contribution in [0.5, 0.6) is 0 Å². The van der Waals surface area contributed by atoms with E-state index in [0.29, 0.717) is 5.56 Å². The maximum absolute atomic E-state index is 11.0. The molecule has 0 bridgehead atoms. The molecule has 70 valence electrons. The number of rotatable bonds is 2. The molecule has 1 rings (SSSR count). The van der Waals surface area contributed by atoms with Crippen LogP contribution < -0.4 is 11.5 Å². The highest BCUT2D eigenvalue weighted by molar-refractivity contribution is 5.78. The van der Waals surface area contributed by atoms with Crippen LogP contribution in [0.1, 0.15) is 11.6 Å². The average Bonchev–Trinajstić information content (AvgIpc) is 2.16. The molecular formula is C8H11N3O2. The Morgan fingerprint density at radius 1 is 1.69 bits per heavy atom. The first kappa shape index (κ1) is 9.47. The zero-order chi connectivity index (χ0) is 9.84. The first-order valence-electron chi connectivity index (χ1n) is 3.70. The van der Waals surface area contributed by atoms with Crippen molar-refractivity contribution in [2.45, 2.75) is 6.04 Å². The number of anilines is 1. The number of hydrogen-bond donors (Lipinski definition) is 2. The second kappa shape index (κ2) is 3.86. The monoisotopic (exact) mass is 181 g/mol. The van der Waals surface area contributed by atoms with E-state index in [0.717, 1.165) is 0 Å². The molecule has 1 aromatic heterocycles. The van der Waals surface area contributed by atoms with Crippen molar-refractivity contribution in [3.8, 4) is 0 Å². The zero-order valence-corrected chi connectivity index (χ0v) is 7.23. The van der Waals surface area contributed by atoms with Crippen LogP contribution in [0.3, 0.4) is 0 Å². The van der Waals surface area contributed by atoms with Gasteiger partial charge in [-0.05, 0) is 6.07 Å². The highest BCUT2D eigenvalue weighted by Gasteiger charge is 2.18. The summed E-state index contributed by atoms with van der Waals surface area (Å²) in [5, 5.41) is 0. The fraction of sp³-hybridized carbons (Fsp3) is 0.250. The van der Waals surface area contributed by atoms with Crippen LogP contribution in [0.15, 0.2) is 18.3 Å². The van der Waals surface area contributed by atoms with Gasteiger partial charge in [0.25, 0.3) is 0 Å². The minimum Gasteiger partial charge on any atom is -0.468 e. The van der Waals surface area contributed by atoms with Crippen molar-refractivity contribution >= 4 is 11.8 Å². The molecule has 0 aliphatic rings. The van der Waals surface area contributed by atoms with Gasteiger partial charge in [-0.25, -0.2) is 4.98 Å². The van der Waals surface area contributed by atoms with E-state index in [1.807, 2.05) is 0 Å². The summed E-state index contributed by atoms with van der Waals surface area (Å²) >= 11 is 0. The summed E-state index contributed by atoms with van der Waals surface area (Å²) in [7, 11) is 1.27. The van der Waals surface area contributed by atoms with Crippen LogP contribution in [-0.2, 0) is 9.53 Å². The number of esters is 1. The minimum atomic E-state index is -0.862. The van der Waals surface area contributed by atoms with Crippen LogP contribution in [0.2, 0.25) is 0 Å². The number of nitrogens with zero attached hydrogens (tertiary/aromatic N) is 1. The Balaban J connectivity index is 2.95. The lowest BCUT2D eigenvalue weighted by atomic mass is 10.1. The summed E-state index contributed by atoms with van der Waals surface area (Å²) in [6, 6.07) is 2.44. The van der Waals surface area contributed by atoms with E-state index in [1.165, 1.54) is 13.3 Å². The first-order valence-corrected chi connectivity index (χ1v) is 3.70. The van der Waals surface area contributed by atoms with Gasteiger partial charge in [-0.3, -0.25) is 4.79 Å². The SMILES string of the molecule is COC(=O)[C@@H](N)c1cccnc1N. The Labute approximate surface area is 75.7 Å². The van der Waals surface area contributed by atoms with E-state index in [4.69, 9.17) is 11.5 Å². The van der Waals surface area contributed by atoms with Gasteiger partial charge >= 0.3 is 5.97 Å². The van der Waals surface area contributed by atoms with Crippen molar-refractivity contribution in [3.05, 3.63) is 23.9 Å². The number of pyridine rings is 1. The van der Waals surface area contributed by atoms with Gasteiger partial charge < -0.3 is 16.2 Å². The quantitative estimate of drug-likeness (QED) is 0.618. The molecule has 1 aromatic rings. The first-order chi connectivity index (χ1) is 6.16. The van der Waals surface area contributed by atoms with E-state index in [2.05, 4.69) is 9.72 Å². The number of carbonyl (C=O) groups excluding carboxylic acids is 1. The largest absolute Gasteiger partial charge is 0.468 e. The molecule has 0 saturated carbocycles. The van der Waals surface area contributed by atoms with Crippen LogP contribution in [-0.4, -0.2) is 18.1 Å². The molecule has 5 nitrogen and oxygen atoms in total. The molecule has 5 heteroatoms. The van der Waals surface area contributed by atoms with E-state index in [-0.39, 0.29) is 5.82 Å². The van der Waals surface area contributed by atoms with Crippen molar-refractivity contribution in [2.75, 3.05) is 12.8 Å². The van der Waals surface area contributed by atoms with Gasteiger partial charge in [0.05, 0.1) is 7.11 Å². The van der Waals surface area contributed by atoms with Crippen molar-refractivity contribution < 1.29 is 9.53 Å². The topological polar surface area (TPSA) is 91.2 Å². The Morgan fingerprint density at radius 2 is 2.38 bits per heavy atom. The Kier molecular flexibility index (Phi) is 2.81. The van der Waals surface area contributed by atoms with Crippen molar-refractivity contribution in [1.82, 2.24) is 4.98 Å². The van der Waals surface area contributed by atoms with Gasteiger partial charge in [-0.2, -0.15) is 0 Å². The third-order valence-corrected chi connectivity index (χ3v) is 1.66. The van der Waals surface area contributed by atoms with E-state index >= 15 is 0 Å². The molecule has 0 spiro atoms. The highest BCUT2D eigenvalue weighted by atomic mass is 16.5. The summed E-state index contributed by atoms with van der Waals surface area (Å²) < 4.78 is 4.47. The standard InChI is InChI=1S/C8H11N3O2/c1-13-8(12)6(9)5-3-2-4-11-7(5)10/h2-4,6H,9H2,1H3,(H2,10,11)/t6-/m0/s1. The normalized spacial score (nSPS) is 12.2. The summed E-state index contributed by atoms with van der Waals surface area (Å²) in [4.78, 5) is 14.8. The Bertz CT molecular complexity index is 314. The third kappa shape index (κ3) is 1.94. The zero-order valence-electron chi connectivity index (χ0n) is 7.23. The molecule has 0 amide bonds. The number of aromatic nitrogens is 1. The van der Waals surface area contributed by atoms with Crippen LogP contribution >= 0.6 is 0 Å². The molecule has 0 aromatic carbocycles. The second-order valence-electron chi connectivity index (χ2n) is 2.48. The predicted molar refractivity (Wildman–Crippen MR) is 47.6 cm³/mol. The number of hydrogen-bond acceptors (Lipinski definition) is 5. The summed E-state index contributed by atoms with van der Waals surface area (Å²) in [6.45, 7) is 0. The van der Waals surface area contributed by atoms with Gasteiger partial charge in [0.2, 0.25) is 0 Å². The molecule has 0 saturated heterocycles. The van der Waals surface area contributed by atoms with E-state index < -0.39 is 12.0 Å². The minimum absolute atomic E-state index is 0.250. The fourth-order valence-corrected chi connectivity index (χ4v) is 0.947. The Morgan fingerprint density at radius 3 is 2.92 bits per heavy atom. The highest BCUT2D eigenvalue weighted by Crippen LogP contribution is 2.16. The molecule has 1 atom stereocenters. The van der Waals surface area contributed by atoms with Crippen LogP contribution in [0.4, 0.5) is 5.82 Å². The molecule has 0 radical (unpaired) electrons. The number of carbonyl (C=O) groups is 1. The molecule has 1 heterocycles. The number of nitrogen functional groups attached to an aromatic ring is 1. The smallest absolute Gasteiger partial charge is 0.327 e. The summed E-state index contributed by atoms with van der Waals surface area (Å²) in [6.07, 6.45) is 1.53. The number of methoxy groups -OCH3 is 1. The lowest BCUT2D eigenvalue weighted by Crippen LogP contribution is -2.23. The Hall–Kier alpha value is -1.62. The van der Waals surface area contributed by atoms with E-state index in [9.17, 15) is 4.79 Å². The maximum Gasteiger partial charge on any atom is 0.327 e. The molecule has 4 N–H and O–H groups in total. The van der Waals surface area contributed by atoms with Crippen molar-refractivity contribution in [3.63, 3.8) is 0 Å². The lowest BCUT2D eigenvalue weighted by Gasteiger charge is -2.10. The molecular weight excluding hydrogens is 170 g/mol. The fourth-order valence-electron chi connectivity index (χ4n) is 0.947. The molecule has 13 heavy (non-hydrogen) atoms. The van der Waals surface area contributed by atoms with Gasteiger partial charge in [0.1, 0.15) is 11.9 Å². The average molecular weight is 181 g/mol. The predicted octanol–water partition coefficient (Wildman–Crippen LogP) is -0.163.